The number of benzene rings is 1. The molecule has 0 bridgehead atoms. The maximum absolute atomic E-state index is 12.8. The second-order valence-corrected chi connectivity index (χ2v) is 5.40. The van der Waals surface area contributed by atoms with Gasteiger partial charge in [-0.3, -0.25) is 4.79 Å². The minimum atomic E-state index is -0.128. The van der Waals surface area contributed by atoms with Crippen LogP contribution in [-0.4, -0.2) is 42.6 Å². The van der Waals surface area contributed by atoms with E-state index < -0.39 is 0 Å². The molecule has 0 saturated heterocycles. The molecule has 0 fully saturated rings. The Kier molecular flexibility index (Phi) is 6.42. The molecule has 5 nitrogen and oxygen atoms in total. The minimum Gasteiger partial charge on any atom is -0.497 e. The third-order valence-electron chi connectivity index (χ3n) is 3.12. The van der Waals surface area contributed by atoms with E-state index in [1.807, 2.05) is 13.8 Å². The molecule has 0 spiro atoms. The zero-order valence-corrected chi connectivity index (χ0v) is 13.7. The van der Waals surface area contributed by atoms with Crippen LogP contribution in [0.2, 0.25) is 0 Å². The quantitative estimate of drug-likeness (QED) is 0.782. The first-order valence-electron chi connectivity index (χ1n) is 6.72. The van der Waals surface area contributed by atoms with Crippen molar-refractivity contribution in [2.24, 2.45) is 5.73 Å². The van der Waals surface area contributed by atoms with Crippen molar-refractivity contribution in [2.45, 2.75) is 26.3 Å². The number of methoxy groups -OCH3 is 2. The van der Waals surface area contributed by atoms with Crippen LogP contribution in [0, 0.1) is 0 Å². The van der Waals surface area contributed by atoms with E-state index in [4.69, 9.17) is 27.4 Å². The number of nitrogens with zero attached hydrogens (tertiary/aromatic N) is 1. The second kappa shape index (κ2) is 7.83. The first-order chi connectivity index (χ1) is 9.90. The fourth-order valence-corrected chi connectivity index (χ4v) is 2.05. The number of carbonyl (C=O) groups excluding carboxylic acids is 1. The lowest BCUT2D eigenvalue weighted by molar-refractivity contribution is 0.0708. The second-order valence-electron chi connectivity index (χ2n) is 4.87. The normalized spacial score (nSPS) is 10.3. The van der Waals surface area contributed by atoms with Gasteiger partial charge in [0.15, 0.2) is 0 Å². The molecule has 1 rings (SSSR count). The summed E-state index contributed by atoms with van der Waals surface area (Å²) >= 11 is 4.89. The molecule has 0 heterocycles. The van der Waals surface area contributed by atoms with Gasteiger partial charge in [-0.1, -0.05) is 12.2 Å². The zero-order chi connectivity index (χ0) is 16.0. The van der Waals surface area contributed by atoms with Crippen molar-refractivity contribution in [1.82, 2.24) is 4.90 Å². The Hall–Kier alpha value is -1.82. The van der Waals surface area contributed by atoms with Crippen molar-refractivity contribution >= 4 is 23.1 Å². The van der Waals surface area contributed by atoms with Crippen molar-refractivity contribution in [1.29, 1.82) is 0 Å². The number of rotatable bonds is 7. The Morgan fingerprint density at radius 1 is 1.33 bits per heavy atom. The minimum absolute atomic E-state index is 0.0303. The van der Waals surface area contributed by atoms with Gasteiger partial charge < -0.3 is 20.1 Å². The van der Waals surface area contributed by atoms with Crippen LogP contribution < -0.4 is 15.2 Å². The third-order valence-corrected chi connectivity index (χ3v) is 3.32. The average Bonchev–Trinajstić information content (AvgIpc) is 2.45. The lowest BCUT2D eigenvalue weighted by atomic mass is 10.1. The molecule has 0 aliphatic carbocycles. The maximum atomic E-state index is 12.8. The third kappa shape index (κ3) is 4.60. The summed E-state index contributed by atoms with van der Waals surface area (Å²) in [6, 6.07) is 5.18. The summed E-state index contributed by atoms with van der Waals surface area (Å²) in [6.45, 7) is 4.38. The van der Waals surface area contributed by atoms with Gasteiger partial charge in [-0.15, -0.1) is 0 Å². The summed E-state index contributed by atoms with van der Waals surface area (Å²) < 4.78 is 10.4. The van der Waals surface area contributed by atoms with Crippen LogP contribution in [0.4, 0.5) is 0 Å². The van der Waals surface area contributed by atoms with Gasteiger partial charge in [-0.25, -0.2) is 0 Å². The summed E-state index contributed by atoms with van der Waals surface area (Å²) in [5, 5.41) is 0. The van der Waals surface area contributed by atoms with Gasteiger partial charge in [0, 0.05) is 19.0 Å². The van der Waals surface area contributed by atoms with E-state index in [1.165, 1.54) is 7.11 Å². The monoisotopic (exact) mass is 310 g/mol. The van der Waals surface area contributed by atoms with Crippen LogP contribution in [0.25, 0.3) is 0 Å². The molecule has 1 amide bonds. The van der Waals surface area contributed by atoms with Crippen LogP contribution in [0.15, 0.2) is 18.2 Å². The summed E-state index contributed by atoms with van der Waals surface area (Å²) in [7, 11) is 3.09. The molecule has 0 unspecified atom stereocenters. The van der Waals surface area contributed by atoms with Crippen LogP contribution >= 0.6 is 12.2 Å². The number of nitrogens with two attached hydrogens (primary N) is 1. The van der Waals surface area contributed by atoms with E-state index in [2.05, 4.69) is 0 Å². The first-order valence-corrected chi connectivity index (χ1v) is 7.12. The number of amides is 1. The highest BCUT2D eigenvalue weighted by atomic mass is 32.1. The molecule has 0 radical (unpaired) electrons. The van der Waals surface area contributed by atoms with Crippen LogP contribution in [0.1, 0.15) is 30.6 Å². The molecule has 116 valence electrons. The molecular weight excluding hydrogens is 288 g/mol. The SMILES string of the molecule is COc1ccc(OC)c(C(=O)N(CCC(N)=S)C(C)C)c1. The summed E-state index contributed by atoms with van der Waals surface area (Å²) in [6.07, 6.45) is 0.492. The smallest absolute Gasteiger partial charge is 0.257 e. The number of hydrogen-bond donors (Lipinski definition) is 1. The van der Waals surface area contributed by atoms with Crippen molar-refractivity contribution in [2.75, 3.05) is 20.8 Å². The lowest BCUT2D eigenvalue weighted by Gasteiger charge is -2.27. The Morgan fingerprint density at radius 2 is 2.00 bits per heavy atom. The van der Waals surface area contributed by atoms with Gasteiger partial charge >= 0.3 is 0 Å². The van der Waals surface area contributed by atoms with E-state index in [1.54, 1.807) is 30.2 Å². The maximum Gasteiger partial charge on any atom is 0.257 e. The van der Waals surface area contributed by atoms with Crippen LogP contribution in [0.5, 0.6) is 11.5 Å². The van der Waals surface area contributed by atoms with Crippen molar-refractivity contribution < 1.29 is 14.3 Å². The number of thiocarbonyl (C=S) groups is 1. The topological polar surface area (TPSA) is 64.8 Å². The van der Waals surface area contributed by atoms with E-state index in [9.17, 15) is 4.79 Å². The predicted molar refractivity (Wildman–Crippen MR) is 87.1 cm³/mol. The van der Waals surface area contributed by atoms with Crippen molar-refractivity contribution in [3.8, 4) is 11.5 Å². The molecule has 1 aromatic rings. The predicted octanol–water partition coefficient (Wildman–Crippen LogP) is 2.23. The molecule has 1 aromatic carbocycles. The Morgan fingerprint density at radius 3 is 2.48 bits per heavy atom. The van der Waals surface area contributed by atoms with E-state index in [0.717, 1.165) is 0 Å². The standard InChI is InChI=1S/C15H22N2O3S/c1-10(2)17(8-7-14(16)21)15(18)12-9-11(19-3)5-6-13(12)20-4/h5-6,9-10H,7-8H2,1-4H3,(H2,16,21). The van der Waals surface area contributed by atoms with Gasteiger partial charge in [-0.05, 0) is 32.0 Å². The number of carbonyl (C=O) groups is 1. The van der Waals surface area contributed by atoms with Gasteiger partial charge in [0.05, 0.1) is 24.8 Å². The van der Waals surface area contributed by atoms with Gasteiger partial charge in [0.25, 0.3) is 5.91 Å². The first kappa shape index (κ1) is 17.2. The molecule has 0 aliphatic heterocycles. The number of ether oxygens (including phenoxy) is 2. The molecule has 21 heavy (non-hydrogen) atoms. The molecule has 0 atom stereocenters. The zero-order valence-electron chi connectivity index (χ0n) is 12.9. The highest BCUT2D eigenvalue weighted by molar-refractivity contribution is 7.80. The van der Waals surface area contributed by atoms with Crippen LogP contribution in [0.3, 0.4) is 0 Å². The van der Waals surface area contributed by atoms with Crippen LogP contribution in [-0.2, 0) is 0 Å². The molecule has 6 heteroatoms. The average molecular weight is 310 g/mol. The van der Waals surface area contributed by atoms with Gasteiger partial charge in [0.2, 0.25) is 0 Å². The van der Waals surface area contributed by atoms with Gasteiger partial charge in [-0.2, -0.15) is 0 Å². The van der Waals surface area contributed by atoms with Crippen molar-refractivity contribution in [3.05, 3.63) is 23.8 Å². The van der Waals surface area contributed by atoms with E-state index in [-0.39, 0.29) is 11.9 Å². The fraction of sp³-hybridized carbons (Fsp3) is 0.467. The van der Waals surface area contributed by atoms with Crippen molar-refractivity contribution in [3.63, 3.8) is 0 Å². The molecule has 2 N–H and O–H groups in total. The summed E-state index contributed by atoms with van der Waals surface area (Å²) in [5.41, 5.74) is 6.00. The molecular formula is C15H22N2O3S. The largest absolute Gasteiger partial charge is 0.497 e. The van der Waals surface area contributed by atoms with Gasteiger partial charge in [0.1, 0.15) is 11.5 Å². The highest BCUT2D eigenvalue weighted by Crippen LogP contribution is 2.26. The molecule has 0 aliphatic rings. The Bertz CT molecular complexity index is 518. The van der Waals surface area contributed by atoms with E-state index >= 15 is 0 Å². The Balaban J connectivity index is 3.10. The van der Waals surface area contributed by atoms with E-state index in [0.29, 0.717) is 35.0 Å². The number of hydrogen-bond acceptors (Lipinski definition) is 4. The molecule has 0 saturated carbocycles. The fourth-order valence-electron chi connectivity index (χ4n) is 1.96. The summed E-state index contributed by atoms with van der Waals surface area (Å²) in [4.78, 5) is 14.9. The highest BCUT2D eigenvalue weighted by Gasteiger charge is 2.22. The lowest BCUT2D eigenvalue weighted by Crippen LogP contribution is -2.39. The summed E-state index contributed by atoms with van der Waals surface area (Å²) in [5.74, 6) is 0.996. The molecule has 0 aromatic heterocycles. The Labute approximate surface area is 131 Å².